The summed E-state index contributed by atoms with van der Waals surface area (Å²) >= 11 is 0. The molecule has 7 heteroatoms. The molecular weight excluding hydrogens is 395 g/mol. The fourth-order valence-electron chi connectivity index (χ4n) is 4.98. The Morgan fingerprint density at radius 3 is 2.16 bits per heavy atom. The van der Waals surface area contributed by atoms with Gasteiger partial charge in [-0.25, -0.2) is 4.39 Å². The molecule has 31 heavy (non-hydrogen) atoms. The topological polar surface area (TPSA) is 114 Å². The Morgan fingerprint density at radius 1 is 1.00 bits per heavy atom. The molecule has 2 bridgehead atoms. The number of nitrogens with zero attached hydrogens (tertiary/aromatic N) is 3. The highest BCUT2D eigenvalue weighted by atomic mass is 19.1. The number of nitriles is 3. The number of ether oxygens (including phenoxy) is 2. The van der Waals surface area contributed by atoms with E-state index in [9.17, 15) is 20.2 Å². The predicted octanol–water partition coefficient (Wildman–Crippen LogP) is 4.37. The number of rotatable bonds is 3. The number of nitrogens with one attached hydrogen (secondary N) is 1. The van der Waals surface area contributed by atoms with Gasteiger partial charge < -0.3 is 9.47 Å². The first-order chi connectivity index (χ1) is 14.8. The summed E-state index contributed by atoms with van der Waals surface area (Å²) in [7, 11) is 0. The van der Waals surface area contributed by atoms with Crippen molar-refractivity contribution in [3.05, 3.63) is 71.5 Å². The van der Waals surface area contributed by atoms with Gasteiger partial charge in [-0.15, -0.1) is 0 Å². The second-order valence-corrected chi connectivity index (χ2v) is 8.02. The van der Waals surface area contributed by atoms with E-state index < -0.39 is 46.3 Å². The molecule has 0 aliphatic carbocycles. The molecule has 2 heterocycles. The standard InChI is InChI=1S/C24H19FN4O2/c1-15(17-6-4-3-5-7-17)20-22(12-26,13-27)23(14-28)16(2)24(30-20,31-21(23)29)18-8-10-19(25)11-9-18/h3-11,15-16,20,29H,1-2H3. The summed E-state index contributed by atoms with van der Waals surface area (Å²) < 4.78 is 25.9. The van der Waals surface area contributed by atoms with E-state index in [0.717, 1.165) is 5.56 Å². The molecule has 0 saturated carbocycles. The molecule has 2 aliphatic rings. The number of benzene rings is 2. The van der Waals surface area contributed by atoms with Crippen LogP contribution in [0.4, 0.5) is 4.39 Å². The minimum absolute atomic E-state index is 0.415. The average molecular weight is 414 g/mol. The van der Waals surface area contributed by atoms with Crippen LogP contribution in [-0.2, 0) is 15.3 Å². The van der Waals surface area contributed by atoms with Gasteiger partial charge in [-0.2, -0.15) is 15.8 Å². The predicted molar refractivity (Wildman–Crippen MR) is 107 cm³/mol. The molecule has 1 N–H and O–H groups in total. The summed E-state index contributed by atoms with van der Waals surface area (Å²) in [6.45, 7) is 3.44. The summed E-state index contributed by atoms with van der Waals surface area (Å²) in [4.78, 5) is 0. The third kappa shape index (κ3) is 2.40. The van der Waals surface area contributed by atoms with E-state index in [-0.39, 0.29) is 0 Å². The largest absolute Gasteiger partial charge is 0.443 e. The van der Waals surface area contributed by atoms with E-state index in [0.29, 0.717) is 5.56 Å². The van der Waals surface area contributed by atoms with Gasteiger partial charge in [0.25, 0.3) is 0 Å². The molecule has 0 aromatic heterocycles. The van der Waals surface area contributed by atoms with Crippen molar-refractivity contribution < 1.29 is 13.9 Å². The highest BCUT2D eigenvalue weighted by molar-refractivity contribution is 5.89. The summed E-state index contributed by atoms with van der Waals surface area (Å²) in [5.41, 5.74) is -2.63. The van der Waals surface area contributed by atoms with E-state index in [1.165, 1.54) is 24.3 Å². The van der Waals surface area contributed by atoms with E-state index in [1.807, 2.05) is 49.4 Å². The van der Waals surface area contributed by atoms with E-state index in [1.54, 1.807) is 6.92 Å². The Bertz CT molecular complexity index is 1150. The van der Waals surface area contributed by atoms with Crippen LogP contribution in [0.2, 0.25) is 0 Å². The highest BCUT2D eigenvalue weighted by Crippen LogP contribution is 2.67. The van der Waals surface area contributed by atoms with E-state index in [4.69, 9.17) is 14.9 Å². The van der Waals surface area contributed by atoms with E-state index in [2.05, 4.69) is 6.07 Å². The van der Waals surface area contributed by atoms with Crippen LogP contribution in [0.15, 0.2) is 54.6 Å². The minimum atomic E-state index is -1.99. The fourth-order valence-corrected chi connectivity index (χ4v) is 4.98. The van der Waals surface area contributed by atoms with Crippen LogP contribution in [0.3, 0.4) is 0 Å². The van der Waals surface area contributed by atoms with Crippen LogP contribution in [0.5, 0.6) is 0 Å². The third-order valence-electron chi connectivity index (χ3n) is 6.74. The normalized spacial score (nSPS) is 31.5. The zero-order valence-electron chi connectivity index (χ0n) is 17.0. The monoisotopic (exact) mass is 414 g/mol. The molecule has 154 valence electrons. The molecular formula is C24H19FN4O2. The smallest absolute Gasteiger partial charge is 0.243 e. The van der Waals surface area contributed by atoms with Crippen LogP contribution >= 0.6 is 0 Å². The first-order valence-corrected chi connectivity index (χ1v) is 9.83. The lowest BCUT2D eigenvalue weighted by Crippen LogP contribution is -2.62. The molecule has 5 atom stereocenters. The molecule has 0 radical (unpaired) electrons. The second-order valence-electron chi connectivity index (χ2n) is 8.02. The lowest BCUT2D eigenvalue weighted by atomic mass is 9.52. The van der Waals surface area contributed by atoms with Crippen molar-refractivity contribution in [1.29, 1.82) is 21.2 Å². The van der Waals surface area contributed by atoms with Crippen molar-refractivity contribution in [2.24, 2.45) is 16.7 Å². The van der Waals surface area contributed by atoms with Crippen LogP contribution in [0.25, 0.3) is 0 Å². The maximum Gasteiger partial charge on any atom is 0.243 e. The highest BCUT2D eigenvalue weighted by Gasteiger charge is 2.80. The van der Waals surface area contributed by atoms with Crippen LogP contribution in [0, 0.1) is 62.0 Å². The average Bonchev–Trinajstić information content (AvgIpc) is 2.96. The third-order valence-corrected chi connectivity index (χ3v) is 6.74. The lowest BCUT2D eigenvalue weighted by molar-refractivity contribution is -0.289. The van der Waals surface area contributed by atoms with Crippen LogP contribution in [0.1, 0.15) is 30.9 Å². The number of fused-ring (bicyclic) bond motifs is 2. The van der Waals surface area contributed by atoms with Gasteiger partial charge in [0.15, 0.2) is 10.8 Å². The van der Waals surface area contributed by atoms with Gasteiger partial charge in [0.05, 0.1) is 24.1 Å². The van der Waals surface area contributed by atoms with E-state index >= 15 is 0 Å². The van der Waals surface area contributed by atoms with Crippen molar-refractivity contribution in [2.45, 2.75) is 31.7 Å². The molecule has 2 aromatic carbocycles. The van der Waals surface area contributed by atoms with Gasteiger partial charge in [-0.1, -0.05) is 44.2 Å². The molecule has 2 aliphatic heterocycles. The number of halogens is 1. The van der Waals surface area contributed by atoms with Gasteiger partial charge in [-0.3, -0.25) is 5.41 Å². The molecule has 2 fully saturated rings. The Hall–Kier alpha value is -3.73. The summed E-state index contributed by atoms with van der Waals surface area (Å²) in [5, 5.41) is 39.4. The fraction of sp³-hybridized carbons (Fsp3) is 0.333. The first kappa shape index (κ1) is 20.5. The molecule has 2 saturated heterocycles. The zero-order valence-corrected chi connectivity index (χ0v) is 17.0. The van der Waals surface area contributed by atoms with Crippen molar-refractivity contribution in [3.63, 3.8) is 0 Å². The van der Waals surface area contributed by atoms with Crippen LogP contribution in [-0.4, -0.2) is 12.0 Å². The minimum Gasteiger partial charge on any atom is -0.443 e. The molecule has 2 aromatic rings. The Balaban J connectivity index is 1.99. The SMILES string of the molecule is CC(c1ccccc1)C1OC2(c3ccc(F)cc3)OC(=N)C(C#N)(C2C)C1(C#N)C#N. The molecule has 0 amide bonds. The molecule has 4 rings (SSSR count). The lowest BCUT2D eigenvalue weighted by Gasteiger charge is -2.50. The number of hydrogen-bond acceptors (Lipinski definition) is 6. The molecule has 5 unspecified atom stereocenters. The molecule has 6 nitrogen and oxygen atoms in total. The quantitative estimate of drug-likeness (QED) is 0.801. The Morgan fingerprint density at radius 2 is 1.61 bits per heavy atom. The summed E-state index contributed by atoms with van der Waals surface area (Å²) in [6.07, 6.45) is -1.09. The van der Waals surface area contributed by atoms with Crippen molar-refractivity contribution in [1.82, 2.24) is 0 Å². The maximum absolute atomic E-state index is 13.6. The Labute approximate surface area is 179 Å². The first-order valence-electron chi connectivity index (χ1n) is 9.83. The maximum atomic E-state index is 13.6. The summed E-state index contributed by atoms with van der Waals surface area (Å²) in [5.74, 6) is -3.90. The van der Waals surface area contributed by atoms with Gasteiger partial charge in [0, 0.05) is 11.5 Å². The van der Waals surface area contributed by atoms with Gasteiger partial charge in [0.1, 0.15) is 11.9 Å². The van der Waals surface area contributed by atoms with Gasteiger partial charge in [0.2, 0.25) is 11.7 Å². The van der Waals surface area contributed by atoms with Crippen molar-refractivity contribution in [2.75, 3.05) is 0 Å². The van der Waals surface area contributed by atoms with Crippen LogP contribution < -0.4 is 0 Å². The molecule has 0 spiro atoms. The van der Waals surface area contributed by atoms with Gasteiger partial charge in [-0.05, 0) is 29.8 Å². The summed E-state index contributed by atoms with van der Waals surface area (Å²) in [6, 6.07) is 20.8. The van der Waals surface area contributed by atoms with Crippen molar-refractivity contribution in [3.8, 4) is 18.2 Å². The van der Waals surface area contributed by atoms with Crippen molar-refractivity contribution >= 4 is 5.90 Å². The Kier molecular flexibility index (Phi) is 4.58. The number of hydrogen-bond donors (Lipinski definition) is 1. The second kappa shape index (κ2) is 6.91. The zero-order chi connectivity index (χ0) is 22.4. The van der Waals surface area contributed by atoms with Gasteiger partial charge >= 0.3 is 0 Å².